The fourth-order valence-corrected chi connectivity index (χ4v) is 4.67. The van der Waals surface area contributed by atoms with Crippen LogP contribution < -0.4 is 5.32 Å². The van der Waals surface area contributed by atoms with Crippen LogP contribution in [0, 0.1) is 32.6 Å². The zero-order valence-electron chi connectivity index (χ0n) is 16.0. The van der Waals surface area contributed by atoms with Crippen molar-refractivity contribution in [2.24, 2.45) is 11.8 Å². The fourth-order valence-electron chi connectivity index (χ4n) is 4.31. The highest BCUT2D eigenvalue weighted by Crippen LogP contribution is 2.55. The summed E-state index contributed by atoms with van der Waals surface area (Å²) in [6, 6.07) is 4.08. The van der Waals surface area contributed by atoms with Crippen LogP contribution in [0.25, 0.3) is 5.65 Å². The molecule has 0 amide bonds. The van der Waals surface area contributed by atoms with Crippen LogP contribution in [0.15, 0.2) is 18.3 Å². The first-order chi connectivity index (χ1) is 13.0. The number of nitrogens with zero attached hydrogens (tertiary/aromatic N) is 4. The van der Waals surface area contributed by atoms with Crippen LogP contribution in [-0.4, -0.2) is 19.6 Å². The van der Waals surface area contributed by atoms with Gasteiger partial charge in [0.05, 0.1) is 16.9 Å². The third-order valence-corrected chi connectivity index (χ3v) is 6.09. The Morgan fingerprint density at radius 2 is 1.78 bits per heavy atom. The molecule has 27 heavy (non-hydrogen) atoms. The number of fused-ring (bicyclic) bond motifs is 1. The number of anilines is 2. The van der Waals surface area contributed by atoms with Gasteiger partial charge in [-0.25, -0.2) is 4.98 Å². The molecule has 1 N–H and O–H groups in total. The van der Waals surface area contributed by atoms with Gasteiger partial charge in [-0.1, -0.05) is 17.7 Å². The molecule has 0 atom stereocenters. The molecule has 140 valence electrons. The number of nitrogens with one attached hydrogen (secondary N) is 1. The van der Waals surface area contributed by atoms with Crippen molar-refractivity contribution in [2.75, 3.05) is 5.32 Å². The van der Waals surface area contributed by atoms with Crippen LogP contribution in [0.2, 0.25) is 5.02 Å². The van der Waals surface area contributed by atoms with Gasteiger partial charge in [-0.3, -0.25) is 0 Å². The van der Waals surface area contributed by atoms with Gasteiger partial charge >= 0.3 is 0 Å². The third-order valence-electron chi connectivity index (χ3n) is 5.79. The zero-order chi connectivity index (χ0) is 18.7. The summed E-state index contributed by atoms with van der Waals surface area (Å²) in [4.78, 5) is 9.37. The number of rotatable bonds is 5. The van der Waals surface area contributed by atoms with Crippen molar-refractivity contribution in [3.05, 3.63) is 45.9 Å². The molecule has 0 saturated heterocycles. The lowest BCUT2D eigenvalue weighted by molar-refractivity contribution is 0.540. The standard InChI is InChI=1S/C21H24ClN5/c1-11-8-12(2)19(17(22)9-11)26-21-25-13(3)24-20-16(10-23-27(20)21)18(14-4-5-14)15-6-7-15/h8-10,14-15,18H,4-7H2,1-3H3,(H,24,25,26). The number of benzene rings is 1. The molecular weight excluding hydrogens is 358 g/mol. The monoisotopic (exact) mass is 381 g/mol. The van der Waals surface area contributed by atoms with Gasteiger partial charge < -0.3 is 5.32 Å². The van der Waals surface area contributed by atoms with E-state index in [2.05, 4.69) is 28.4 Å². The molecule has 5 nitrogen and oxygen atoms in total. The average molecular weight is 382 g/mol. The zero-order valence-corrected chi connectivity index (χ0v) is 16.7. The Bertz CT molecular complexity index is 997. The first-order valence-electron chi connectivity index (χ1n) is 9.77. The molecule has 2 aliphatic rings. The molecule has 0 bridgehead atoms. The van der Waals surface area contributed by atoms with Crippen LogP contribution in [0.4, 0.5) is 11.6 Å². The summed E-state index contributed by atoms with van der Waals surface area (Å²) in [6.45, 7) is 6.04. The molecular formula is C21H24ClN5. The molecule has 0 spiro atoms. The minimum atomic E-state index is 0.606. The Morgan fingerprint density at radius 3 is 2.41 bits per heavy atom. The highest BCUT2D eigenvalue weighted by Gasteiger charge is 2.43. The summed E-state index contributed by atoms with van der Waals surface area (Å²) in [5.74, 6) is 3.65. The van der Waals surface area contributed by atoms with Crippen molar-refractivity contribution in [2.45, 2.75) is 52.4 Å². The van der Waals surface area contributed by atoms with Crippen LogP contribution in [0.1, 0.15) is 54.1 Å². The van der Waals surface area contributed by atoms with E-state index in [4.69, 9.17) is 16.6 Å². The Balaban J connectivity index is 1.60. The van der Waals surface area contributed by atoms with E-state index in [0.717, 1.165) is 40.1 Å². The molecule has 6 heteroatoms. The maximum Gasteiger partial charge on any atom is 0.232 e. The summed E-state index contributed by atoms with van der Waals surface area (Å²) in [5, 5.41) is 8.76. The maximum atomic E-state index is 6.50. The molecule has 0 unspecified atom stereocenters. The predicted molar refractivity (Wildman–Crippen MR) is 108 cm³/mol. The van der Waals surface area contributed by atoms with Crippen molar-refractivity contribution in [3.8, 4) is 0 Å². The van der Waals surface area contributed by atoms with Gasteiger partial charge in [-0.15, -0.1) is 0 Å². The number of aryl methyl sites for hydroxylation is 3. The molecule has 2 heterocycles. The number of hydrogen-bond acceptors (Lipinski definition) is 4. The summed E-state index contributed by atoms with van der Waals surface area (Å²) >= 11 is 6.50. The largest absolute Gasteiger partial charge is 0.322 e. The quantitative estimate of drug-likeness (QED) is 0.647. The topological polar surface area (TPSA) is 55.1 Å². The Kier molecular flexibility index (Phi) is 3.90. The lowest BCUT2D eigenvalue weighted by Gasteiger charge is -2.15. The molecule has 2 saturated carbocycles. The maximum absolute atomic E-state index is 6.50. The fraction of sp³-hybridized carbons (Fsp3) is 0.476. The molecule has 5 rings (SSSR count). The van der Waals surface area contributed by atoms with E-state index in [1.54, 1.807) is 0 Å². The minimum Gasteiger partial charge on any atom is -0.322 e. The molecule has 0 aliphatic heterocycles. The summed E-state index contributed by atoms with van der Waals surface area (Å²) < 4.78 is 1.84. The van der Waals surface area contributed by atoms with Crippen molar-refractivity contribution in [1.82, 2.24) is 19.6 Å². The predicted octanol–water partition coefficient (Wildman–Crippen LogP) is 5.35. The second-order valence-electron chi connectivity index (χ2n) is 8.19. The molecule has 0 radical (unpaired) electrons. The van der Waals surface area contributed by atoms with Crippen LogP contribution in [0.3, 0.4) is 0 Å². The molecule has 2 aliphatic carbocycles. The van der Waals surface area contributed by atoms with Crippen LogP contribution in [0.5, 0.6) is 0 Å². The van der Waals surface area contributed by atoms with E-state index in [0.29, 0.717) is 16.9 Å². The van der Waals surface area contributed by atoms with Gasteiger partial charge in [0.1, 0.15) is 5.82 Å². The van der Waals surface area contributed by atoms with Crippen LogP contribution in [-0.2, 0) is 0 Å². The molecule has 2 aromatic heterocycles. The van der Waals surface area contributed by atoms with Gasteiger partial charge in [0.2, 0.25) is 5.95 Å². The third kappa shape index (κ3) is 3.08. The van der Waals surface area contributed by atoms with Gasteiger partial charge in [-0.2, -0.15) is 14.6 Å². The summed E-state index contributed by atoms with van der Waals surface area (Å²) in [6.07, 6.45) is 7.37. The van der Waals surface area contributed by atoms with E-state index in [1.807, 2.05) is 30.6 Å². The first kappa shape index (κ1) is 17.0. The Hall–Kier alpha value is -2.14. The SMILES string of the molecule is Cc1cc(C)c(Nc2nc(C)nc3c(C(C4CC4)C4CC4)cnn23)c(Cl)c1. The summed E-state index contributed by atoms with van der Waals surface area (Å²) in [5.41, 5.74) is 5.34. The lowest BCUT2D eigenvalue weighted by Crippen LogP contribution is -2.09. The van der Waals surface area contributed by atoms with Crippen molar-refractivity contribution in [3.63, 3.8) is 0 Å². The average Bonchev–Trinajstić information content (AvgIpc) is 3.51. The Labute approximate surface area is 164 Å². The van der Waals surface area contributed by atoms with Crippen molar-refractivity contribution < 1.29 is 0 Å². The van der Waals surface area contributed by atoms with E-state index in [9.17, 15) is 0 Å². The van der Waals surface area contributed by atoms with Gasteiger partial charge in [-0.05, 0) is 81.4 Å². The van der Waals surface area contributed by atoms with E-state index < -0.39 is 0 Å². The van der Waals surface area contributed by atoms with Gasteiger partial charge in [0, 0.05) is 5.56 Å². The molecule has 1 aromatic carbocycles. The molecule has 2 fully saturated rings. The lowest BCUT2D eigenvalue weighted by atomic mass is 9.91. The van der Waals surface area contributed by atoms with E-state index in [1.165, 1.54) is 31.2 Å². The van der Waals surface area contributed by atoms with Crippen molar-refractivity contribution in [1.29, 1.82) is 0 Å². The highest BCUT2D eigenvalue weighted by atomic mass is 35.5. The second-order valence-corrected chi connectivity index (χ2v) is 8.60. The van der Waals surface area contributed by atoms with Crippen molar-refractivity contribution >= 4 is 28.9 Å². The van der Waals surface area contributed by atoms with E-state index in [-0.39, 0.29) is 0 Å². The second kappa shape index (κ2) is 6.20. The van der Waals surface area contributed by atoms with Crippen LogP contribution >= 0.6 is 11.6 Å². The summed E-state index contributed by atoms with van der Waals surface area (Å²) in [7, 11) is 0. The molecule has 3 aromatic rings. The van der Waals surface area contributed by atoms with Gasteiger partial charge in [0.25, 0.3) is 0 Å². The Morgan fingerprint density at radius 1 is 1.07 bits per heavy atom. The number of halogens is 1. The van der Waals surface area contributed by atoms with E-state index >= 15 is 0 Å². The number of hydrogen-bond donors (Lipinski definition) is 1. The minimum absolute atomic E-state index is 0.606. The number of aromatic nitrogens is 4. The smallest absolute Gasteiger partial charge is 0.232 e. The normalized spacial score (nSPS) is 17.1. The first-order valence-corrected chi connectivity index (χ1v) is 10.1. The van der Waals surface area contributed by atoms with Gasteiger partial charge in [0.15, 0.2) is 5.65 Å². The highest BCUT2D eigenvalue weighted by molar-refractivity contribution is 6.33.